The molecule has 0 aromatic carbocycles. The monoisotopic (exact) mass is 604 g/mol. The van der Waals surface area contributed by atoms with Crippen LogP contribution in [0.1, 0.15) is 59.2 Å². The highest BCUT2D eigenvalue weighted by molar-refractivity contribution is 6.29. The van der Waals surface area contributed by atoms with Crippen molar-refractivity contribution in [3.05, 3.63) is 76.0 Å². The van der Waals surface area contributed by atoms with Crippen LogP contribution in [0.25, 0.3) is 0 Å². The zero-order chi connectivity index (χ0) is 30.4. The van der Waals surface area contributed by atoms with Crippen LogP contribution < -0.4 is 15.0 Å². The molecule has 0 radical (unpaired) electrons. The molecule has 1 fully saturated rings. The molecule has 42 heavy (non-hydrogen) atoms. The molecule has 3 aromatic heterocycles. The number of aromatic nitrogens is 3. The van der Waals surface area contributed by atoms with Crippen LogP contribution in [-0.2, 0) is 12.7 Å². The van der Waals surface area contributed by atoms with E-state index in [4.69, 9.17) is 16.3 Å². The van der Waals surface area contributed by atoms with Gasteiger partial charge in [-0.3, -0.25) is 4.79 Å². The lowest BCUT2D eigenvalue weighted by Gasteiger charge is -2.41. The molecular formula is C30H36ClF3N6O2. The van der Waals surface area contributed by atoms with Crippen molar-refractivity contribution in [2.45, 2.75) is 64.8 Å². The third-order valence-electron chi connectivity index (χ3n) is 7.68. The first-order valence-corrected chi connectivity index (χ1v) is 14.3. The molecule has 3 aromatic rings. The van der Waals surface area contributed by atoms with Gasteiger partial charge < -0.3 is 19.9 Å². The number of carbonyl (C=O) groups is 1. The van der Waals surface area contributed by atoms with Gasteiger partial charge in [0.05, 0.1) is 36.8 Å². The fraction of sp³-hybridized carbons (Fsp3) is 0.467. The summed E-state index contributed by atoms with van der Waals surface area (Å²) in [6, 6.07) is 9.58. The molecule has 1 amide bonds. The molecule has 1 atom stereocenters. The van der Waals surface area contributed by atoms with Crippen molar-refractivity contribution in [3.8, 4) is 5.75 Å². The fourth-order valence-electron chi connectivity index (χ4n) is 5.39. The zero-order valence-electron chi connectivity index (χ0n) is 24.2. The van der Waals surface area contributed by atoms with Gasteiger partial charge in [-0.1, -0.05) is 17.7 Å². The normalized spacial score (nSPS) is 15.3. The second-order valence-corrected chi connectivity index (χ2v) is 11.0. The third kappa shape index (κ3) is 7.89. The van der Waals surface area contributed by atoms with Crippen molar-refractivity contribution in [1.29, 1.82) is 0 Å². The molecule has 12 heteroatoms. The van der Waals surface area contributed by atoms with Crippen LogP contribution in [0.2, 0.25) is 5.15 Å². The standard InChI is InChI=1S/C30H36ClF3N6O2/c1-19-16-26(31)37-21(3)28(19)29(41)35-13-10-20(2)39-14-11-23(12-15-39)40(27-9-8-24(42-4)17-36-27)18-22-6-5-7-25(38-22)30(32,33)34/h5-9,16-17,20,23H,10-15,18H2,1-4H3,(H,35,41)/t20-/m1/s1. The summed E-state index contributed by atoms with van der Waals surface area (Å²) in [6.07, 6.45) is -0.524. The summed E-state index contributed by atoms with van der Waals surface area (Å²) in [5.74, 6) is 1.10. The second kappa shape index (κ2) is 13.7. The van der Waals surface area contributed by atoms with E-state index in [2.05, 4.69) is 32.1 Å². The van der Waals surface area contributed by atoms with Gasteiger partial charge in [0, 0.05) is 31.7 Å². The first-order chi connectivity index (χ1) is 20.0. The molecule has 226 valence electrons. The number of anilines is 1. The SMILES string of the molecule is COc1ccc(N(Cc2cccc(C(F)(F)F)n2)C2CCN([C@H](C)CCNC(=O)c3c(C)cc(Cl)nc3C)CC2)nc1. The number of halogens is 4. The Hall–Kier alpha value is -3.44. The minimum Gasteiger partial charge on any atom is -0.495 e. The predicted molar refractivity (Wildman–Crippen MR) is 156 cm³/mol. The summed E-state index contributed by atoms with van der Waals surface area (Å²) in [5, 5.41) is 3.37. The quantitative estimate of drug-likeness (QED) is 0.291. The lowest BCUT2D eigenvalue weighted by Crippen LogP contribution is -2.48. The highest BCUT2D eigenvalue weighted by Crippen LogP contribution is 2.30. The molecule has 4 heterocycles. The van der Waals surface area contributed by atoms with Gasteiger partial charge in [0.2, 0.25) is 0 Å². The number of rotatable bonds is 10. The van der Waals surface area contributed by atoms with Gasteiger partial charge in [-0.15, -0.1) is 0 Å². The number of nitrogens with one attached hydrogen (secondary N) is 1. The number of hydrogen-bond donors (Lipinski definition) is 1. The number of methoxy groups -OCH3 is 1. The smallest absolute Gasteiger partial charge is 0.433 e. The number of piperidine rings is 1. The zero-order valence-corrected chi connectivity index (χ0v) is 25.0. The Labute approximate surface area is 249 Å². The number of pyridine rings is 3. The molecule has 1 N–H and O–H groups in total. The van der Waals surface area contributed by atoms with Crippen LogP contribution >= 0.6 is 11.6 Å². The molecule has 1 aliphatic heterocycles. The maximum absolute atomic E-state index is 13.3. The Bertz CT molecular complexity index is 1340. The Morgan fingerprint density at radius 2 is 1.93 bits per heavy atom. The Morgan fingerprint density at radius 3 is 2.55 bits per heavy atom. The van der Waals surface area contributed by atoms with Crippen molar-refractivity contribution in [1.82, 2.24) is 25.2 Å². The van der Waals surface area contributed by atoms with E-state index in [1.54, 1.807) is 38.4 Å². The van der Waals surface area contributed by atoms with Gasteiger partial charge in [-0.05, 0) is 75.9 Å². The van der Waals surface area contributed by atoms with Crippen LogP contribution in [-0.4, -0.2) is 64.6 Å². The van der Waals surface area contributed by atoms with Crippen LogP contribution in [0.15, 0.2) is 42.6 Å². The number of hydrogen-bond acceptors (Lipinski definition) is 7. The van der Waals surface area contributed by atoms with E-state index in [1.165, 1.54) is 6.07 Å². The highest BCUT2D eigenvalue weighted by atomic mass is 35.5. The first-order valence-electron chi connectivity index (χ1n) is 13.9. The van der Waals surface area contributed by atoms with E-state index >= 15 is 0 Å². The largest absolute Gasteiger partial charge is 0.495 e. The van der Waals surface area contributed by atoms with Gasteiger partial charge in [0.15, 0.2) is 0 Å². The number of nitrogens with zero attached hydrogens (tertiary/aromatic N) is 5. The molecule has 0 saturated carbocycles. The average Bonchev–Trinajstić information content (AvgIpc) is 2.95. The summed E-state index contributed by atoms with van der Waals surface area (Å²) < 4.78 is 45.2. The minimum absolute atomic E-state index is 0.0637. The summed E-state index contributed by atoms with van der Waals surface area (Å²) >= 11 is 5.99. The van der Waals surface area contributed by atoms with Crippen molar-refractivity contribution >= 4 is 23.3 Å². The Balaban J connectivity index is 1.37. The fourth-order valence-corrected chi connectivity index (χ4v) is 5.68. The van der Waals surface area contributed by atoms with E-state index in [1.807, 2.05) is 17.9 Å². The first kappa shape index (κ1) is 31.5. The number of alkyl halides is 3. The molecule has 0 aliphatic carbocycles. The number of carbonyl (C=O) groups excluding carboxylic acids is 1. The lowest BCUT2D eigenvalue weighted by atomic mass is 10.00. The number of likely N-dealkylation sites (tertiary alicyclic amines) is 1. The molecule has 0 bridgehead atoms. The summed E-state index contributed by atoms with van der Waals surface area (Å²) in [5.41, 5.74) is 1.36. The number of amides is 1. The summed E-state index contributed by atoms with van der Waals surface area (Å²) in [4.78, 5) is 29.8. The lowest BCUT2D eigenvalue weighted by molar-refractivity contribution is -0.141. The highest BCUT2D eigenvalue weighted by Gasteiger charge is 2.33. The van der Waals surface area contributed by atoms with Crippen LogP contribution in [0, 0.1) is 13.8 Å². The summed E-state index contributed by atoms with van der Waals surface area (Å²) in [7, 11) is 1.56. The van der Waals surface area contributed by atoms with E-state index in [-0.39, 0.29) is 24.5 Å². The average molecular weight is 605 g/mol. The predicted octanol–water partition coefficient (Wildman–Crippen LogP) is 5.85. The van der Waals surface area contributed by atoms with E-state index < -0.39 is 11.9 Å². The molecule has 0 unspecified atom stereocenters. The number of ether oxygens (including phenoxy) is 1. The van der Waals surface area contributed by atoms with E-state index in [9.17, 15) is 18.0 Å². The molecule has 4 rings (SSSR count). The van der Waals surface area contributed by atoms with Crippen molar-refractivity contribution < 1.29 is 22.7 Å². The van der Waals surface area contributed by atoms with Crippen molar-refractivity contribution in [2.75, 3.05) is 31.6 Å². The van der Waals surface area contributed by atoms with Crippen LogP contribution in [0.4, 0.5) is 19.0 Å². The molecular weight excluding hydrogens is 569 g/mol. The topological polar surface area (TPSA) is 83.5 Å². The third-order valence-corrected chi connectivity index (χ3v) is 7.88. The van der Waals surface area contributed by atoms with Crippen molar-refractivity contribution in [2.24, 2.45) is 0 Å². The molecule has 0 spiro atoms. The Kier molecular flexibility index (Phi) is 10.3. The van der Waals surface area contributed by atoms with Gasteiger partial charge in [0.1, 0.15) is 22.4 Å². The van der Waals surface area contributed by atoms with Crippen LogP contribution in [0.3, 0.4) is 0 Å². The maximum atomic E-state index is 13.3. The molecule has 8 nitrogen and oxygen atoms in total. The Morgan fingerprint density at radius 1 is 1.19 bits per heavy atom. The van der Waals surface area contributed by atoms with Crippen LogP contribution in [0.5, 0.6) is 5.75 Å². The van der Waals surface area contributed by atoms with Gasteiger partial charge in [-0.25, -0.2) is 15.0 Å². The van der Waals surface area contributed by atoms with E-state index in [0.29, 0.717) is 40.2 Å². The van der Waals surface area contributed by atoms with Gasteiger partial charge >= 0.3 is 6.18 Å². The van der Waals surface area contributed by atoms with Crippen molar-refractivity contribution in [3.63, 3.8) is 0 Å². The second-order valence-electron chi connectivity index (χ2n) is 10.6. The van der Waals surface area contributed by atoms with Gasteiger partial charge in [0.25, 0.3) is 5.91 Å². The van der Waals surface area contributed by atoms with Gasteiger partial charge in [-0.2, -0.15) is 13.2 Å². The molecule has 1 saturated heterocycles. The molecule has 1 aliphatic rings. The minimum atomic E-state index is -4.51. The summed E-state index contributed by atoms with van der Waals surface area (Å²) in [6.45, 7) is 8.09. The van der Waals surface area contributed by atoms with E-state index in [0.717, 1.165) is 44.0 Å². The number of aryl methyl sites for hydroxylation is 2. The maximum Gasteiger partial charge on any atom is 0.433 e.